The van der Waals surface area contributed by atoms with Gasteiger partial charge in [-0.25, -0.2) is 0 Å². The van der Waals surface area contributed by atoms with Crippen molar-refractivity contribution in [2.75, 3.05) is 6.54 Å². The maximum Gasteiger partial charge on any atom is 0.408 e. The lowest BCUT2D eigenvalue weighted by Crippen LogP contribution is -2.52. The summed E-state index contributed by atoms with van der Waals surface area (Å²) in [5.74, 6) is -1.01. The molecule has 0 spiro atoms. The average Bonchev–Trinajstić information content (AvgIpc) is 2.73. The van der Waals surface area contributed by atoms with Crippen molar-refractivity contribution >= 4 is 11.8 Å². The van der Waals surface area contributed by atoms with Crippen LogP contribution in [-0.4, -0.2) is 35.5 Å². The second-order valence-corrected chi connectivity index (χ2v) is 7.48. The number of hydrogen-bond acceptors (Lipinski definition) is 2. The van der Waals surface area contributed by atoms with Gasteiger partial charge in [-0.2, -0.15) is 13.2 Å². The second kappa shape index (κ2) is 9.78. The number of carbonyl (C=O) groups is 2. The number of likely N-dealkylation sites (tertiary alicyclic amines) is 1. The lowest BCUT2D eigenvalue weighted by molar-refractivity contribution is -0.165. The molecule has 3 rings (SSSR count). The Bertz CT molecular complexity index is 841. The number of hydrogen-bond donors (Lipinski definition) is 1. The first-order chi connectivity index (χ1) is 14.4. The van der Waals surface area contributed by atoms with Gasteiger partial charge >= 0.3 is 6.18 Å². The molecule has 1 aliphatic rings. The normalized spacial score (nSPS) is 16.8. The van der Waals surface area contributed by atoms with Gasteiger partial charge in [0.1, 0.15) is 12.1 Å². The predicted octanol–water partition coefficient (Wildman–Crippen LogP) is 4.42. The Hall–Kier alpha value is -2.83. The summed E-state index contributed by atoms with van der Waals surface area (Å²) in [7, 11) is 0. The van der Waals surface area contributed by atoms with Crippen LogP contribution in [0.25, 0.3) is 0 Å². The van der Waals surface area contributed by atoms with E-state index < -0.39 is 24.2 Å². The molecular formula is C23H25F3N2O2. The fourth-order valence-electron chi connectivity index (χ4n) is 3.73. The molecule has 0 aliphatic carbocycles. The Labute approximate surface area is 174 Å². The summed E-state index contributed by atoms with van der Waals surface area (Å²) in [6, 6.07) is 14.3. The van der Waals surface area contributed by atoms with Crippen molar-refractivity contribution < 1.29 is 22.8 Å². The van der Waals surface area contributed by atoms with Crippen molar-refractivity contribution in [3.8, 4) is 0 Å². The number of benzene rings is 2. The van der Waals surface area contributed by atoms with E-state index in [-0.39, 0.29) is 18.7 Å². The molecule has 0 bridgehead atoms. The maximum absolute atomic E-state index is 13.7. The summed E-state index contributed by atoms with van der Waals surface area (Å²) in [4.78, 5) is 26.9. The van der Waals surface area contributed by atoms with Crippen molar-refractivity contribution in [3.05, 3.63) is 71.8 Å². The molecule has 2 aromatic rings. The Kier molecular flexibility index (Phi) is 7.13. The molecule has 1 heterocycles. The van der Waals surface area contributed by atoms with Gasteiger partial charge < -0.3 is 10.2 Å². The molecule has 2 aromatic carbocycles. The minimum atomic E-state index is -4.59. The van der Waals surface area contributed by atoms with Gasteiger partial charge in [-0.3, -0.25) is 9.59 Å². The maximum atomic E-state index is 13.7. The van der Waals surface area contributed by atoms with Crippen molar-refractivity contribution in [2.24, 2.45) is 0 Å². The van der Waals surface area contributed by atoms with Crippen LogP contribution in [0.2, 0.25) is 0 Å². The topological polar surface area (TPSA) is 49.4 Å². The third-order valence-corrected chi connectivity index (χ3v) is 5.31. The molecule has 0 unspecified atom stereocenters. The molecule has 1 N–H and O–H groups in total. The zero-order valence-corrected chi connectivity index (χ0v) is 16.6. The van der Waals surface area contributed by atoms with E-state index in [4.69, 9.17) is 0 Å². The monoisotopic (exact) mass is 418 g/mol. The van der Waals surface area contributed by atoms with E-state index in [1.165, 1.54) is 4.90 Å². The van der Waals surface area contributed by atoms with E-state index in [1.54, 1.807) is 60.7 Å². The van der Waals surface area contributed by atoms with Crippen LogP contribution in [-0.2, 0) is 16.0 Å². The third kappa shape index (κ3) is 5.62. The number of amides is 2. The molecule has 0 aromatic heterocycles. The molecule has 0 radical (unpaired) electrons. The SMILES string of the molecule is O=C(N[C@@H](CCc1ccccc1)C(F)(F)F)[C@H](c1ccccc1)N1CCCCC1=O. The minimum Gasteiger partial charge on any atom is -0.342 e. The summed E-state index contributed by atoms with van der Waals surface area (Å²) in [5, 5.41) is 2.19. The summed E-state index contributed by atoms with van der Waals surface area (Å²) in [5.41, 5.74) is 1.28. The fourth-order valence-corrected chi connectivity index (χ4v) is 3.73. The average molecular weight is 418 g/mol. The van der Waals surface area contributed by atoms with Crippen molar-refractivity contribution in [1.82, 2.24) is 10.2 Å². The molecule has 160 valence electrons. The number of nitrogens with zero attached hydrogens (tertiary/aromatic N) is 1. The number of alkyl halides is 3. The summed E-state index contributed by atoms with van der Waals surface area (Å²) in [6.07, 6.45) is -2.93. The first-order valence-electron chi connectivity index (χ1n) is 10.1. The molecule has 4 nitrogen and oxygen atoms in total. The Morgan fingerprint density at radius 1 is 1.00 bits per heavy atom. The van der Waals surface area contributed by atoms with E-state index in [1.807, 2.05) is 0 Å². The zero-order valence-electron chi connectivity index (χ0n) is 16.6. The summed E-state index contributed by atoms with van der Waals surface area (Å²) < 4.78 is 41.0. The van der Waals surface area contributed by atoms with Gasteiger partial charge in [-0.05, 0) is 36.8 Å². The van der Waals surface area contributed by atoms with Gasteiger partial charge in [0.05, 0.1) is 0 Å². The minimum absolute atomic E-state index is 0.184. The van der Waals surface area contributed by atoms with E-state index >= 15 is 0 Å². The van der Waals surface area contributed by atoms with Gasteiger partial charge in [0.2, 0.25) is 11.8 Å². The van der Waals surface area contributed by atoms with E-state index in [0.717, 1.165) is 18.4 Å². The van der Waals surface area contributed by atoms with Crippen LogP contribution in [0.5, 0.6) is 0 Å². The largest absolute Gasteiger partial charge is 0.408 e. The highest BCUT2D eigenvalue weighted by Crippen LogP contribution is 2.29. The van der Waals surface area contributed by atoms with Gasteiger partial charge in [-0.1, -0.05) is 60.7 Å². The van der Waals surface area contributed by atoms with Crippen molar-refractivity contribution in [3.63, 3.8) is 0 Å². The highest BCUT2D eigenvalue weighted by atomic mass is 19.4. The summed E-state index contributed by atoms with van der Waals surface area (Å²) in [6.45, 7) is 0.354. The molecule has 0 saturated carbocycles. The number of piperidine rings is 1. The molecule has 2 amide bonds. The highest BCUT2D eigenvalue weighted by molar-refractivity contribution is 5.89. The van der Waals surface area contributed by atoms with Crippen LogP contribution in [0, 0.1) is 0 Å². The third-order valence-electron chi connectivity index (χ3n) is 5.31. The summed E-state index contributed by atoms with van der Waals surface area (Å²) >= 11 is 0. The molecule has 1 saturated heterocycles. The van der Waals surface area contributed by atoms with Crippen LogP contribution in [0.4, 0.5) is 13.2 Å². The van der Waals surface area contributed by atoms with Crippen LogP contribution in [0.1, 0.15) is 42.9 Å². The predicted molar refractivity (Wildman–Crippen MR) is 107 cm³/mol. The Morgan fingerprint density at radius 2 is 1.63 bits per heavy atom. The Balaban J connectivity index is 1.80. The Morgan fingerprint density at radius 3 is 2.23 bits per heavy atom. The lowest BCUT2D eigenvalue weighted by Gasteiger charge is -2.35. The fraction of sp³-hybridized carbons (Fsp3) is 0.391. The van der Waals surface area contributed by atoms with E-state index in [0.29, 0.717) is 18.5 Å². The van der Waals surface area contributed by atoms with E-state index in [2.05, 4.69) is 5.32 Å². The first kappa shape index (κ1) is 21.9. The van der Waals surface area contributed by atoms with E-state index in [9.17, 15) is 22.8 Å². The number of halogens is 3. The molecule has 1 aliphatic heterocycles. The van der Waals surface area contributed by atoms with Gasteiger partial charge in [0.15, 0.2) is 0 Å². The molecular weight excluding hydrogens is 393 g/mol. The highest BCUT2D eigenvalue weighted by Gasteiger charge is 2.42. The quantitative estimate of drug-likeness (QED) is 0.724. The van der Waals surface area contributed by atoms with Gasteiger partial charge in [-0.15, -0.1) is 0 Å². The van der Waals surface area contributed by atoms with Crippen LogP contribution in [0.3, 0.4) is 0 Å². The number of rotatable bonds is 7. The van der Waals surface area contributed by atoms with Crippen molar-refractivity contribution in [1.29, 1.82) is 0 Å². The van der Waals surface area contributed by atoms with Gasteiger partial charge in [0.25, 0.3) is 0 Å². The van der Waals surface area contributed by atoms with Gasteiger partial charge in [0, 0.05) is 13.0 Å². The molecule has 2 atom stereocenters. The number of nitrogens with one attached hydrogen (secondary N) is 1. The molecule has 7 heteroatoms. The van der Waals surface area contributed by atoms with Crippen LogP contribution in [0.15, 0.2) is 60.7 Å². The number of aryl methyl sites for hydroxylation is 1. The zero-order chi connectivity index (χ0) is 21.6. The van der Waals surface area contributed by atoms with Crippen LogP contribution < -0.4 is 5.32 Å². The second-order valence-electron chi connectivity index (χ2n) is 7.48. The number of carbonyl (C=O) groups excluding carboxylic acids is 2. The van der Waals surface area contributed by atoms with Crippen LogP contribution >= 0.6 is 0 Å². The standard InChI is InChI=1S/C23H25F3N2O2/c24-23(25,26)19(15-14-17-9-3-1-4-10-17)27-22(30)21(18-11-5-2-6-12-18)28-16-8-7-13-20(28)29/h1-6,9-12,19,21H,7-8,13-16H2,(H,27,30)/t19-,21-/m0/s1. The first-order valence-corrected chi connectivity index (χ1v) is 10.1. The molecule has 1 fully saturated rings. The smallest absolute Gasteiger partial charge is 0.342 e. The lowest BCUT2D eigenvalue weighted by atomic mass is 9.99. The van der Waals surface area contributed by atoms with Crippen molar-refractivity contribution in [2.45, 2.75) is 50.4 Å². The molecule has 30 heavy (non-hydrogen) atoms.